The molecule has 0 bridgehead atoms. The summed E-state index contributed by atoms with van der Waals surface area (Å²) >= 11 is 0. The number of sulfonamides is 1. The first-order valence-corrected chi connectivity index (χ1v) is 11.1. The lowest BCUT2D eigenvalue weighted by Crippen LogP contribution is -2.36. The molecule has 0 spiro atoms. The van der Waals surface area contributed by atoms with Gasteiger partial charge in [0.2, 0.25) is 16.0 Å². The quantitative estimate of drug-likeness (QED) is 0.733. The van der Waals surface area contributed by atoms with Crippen molar-refractivity contribution < 1.29 is 8.42 Å². The summed E-state index contributed by atoms with van der Waals surface area (Å²) in [7, 11) is -3.23. The van der Waals surface area contributed by atoms with Crippen molar-refractivity contribution in [3.63, 3.8) is 0 Å². The first-order chi connectivity index (χ1) is 13.4. The third-order valence-corrected chi connectivity index (χ3v) is 5.17. The summed E-state index contributed by atoms with van der Waals surface area (Å²) in [5.74, 6) is 1.24. The molecule has 0 amide bonds. The Morgan fingerprint density at radius 2 is 2.14 bits per heavy atom. The average molecular weight is 401 g/mol. The largest absolute Gasteiger partial charge is 0.355 e. The molecule has 1 aromatic heterocycles. The monoisotopic (exact) mass is 400 g/mol. The molecule has 0 radical (unpaired) electrons. The lowest BCUT2D eigenvalue weighted by molar-refractivity contribution is 0.567. The normalized spacial score (nSPS) is 16.8. The standard InChI is InChI=1S/C19H24N6O2S/c1-3-5-15-11-18(25-9-8-17(13-25)24-28(2,26)27)23-19(21-15)22-16-7-4-6-14(10-16)12-20/h4,6-7,10-11,17,24H,3,5,8-9,13H2,1-2H3,(H,21,22,23). The van der Waals surface area contributed by atoms with Crippen molar-refractivity contribution in [3.8, 4) is 6.07 Å². The van der Waals surface area contributed by atoms with E-state index in [1.54, 1.807) is 18.2 Å². The molecule has 1 fully saturated rings. The number of aromatic nitrogens is 2. The molecule has 148 valence electrons. The lowest BCUT2D eigenvalue weighted by atomic mass is 10.2. The van der Waals surface area contributed by atoms with Crippen molar-refractivity contribution in [1.29, 1.82) is 5.26 Å². The second kappa shape index (κ2) is 8.54. The van der Waals surface area contributed by atoms with Crippen molar-refractivity contribution >= 4 is 27.5 Å². The van der Waals surface area contributed by atoms with Gasteiger partial charge in [0.1, 0.15) is 5.82 Å². The number of aryl methyl sites for hydroxylation is 1. The number of nitriles is 1. The lowest BCUT2D eigenvalue weighted by Gasteiger charge is -2.19. The number of rotatable bonds is 7. The van der Waals surface area contributed by atoms with Gasteiger partial charge in [0, 0.05) is 36.6 Å². The van der Waals surface area contributed by atoms with Crippen LogP contribution in [0.25, 0.3) is 0 Å². The summed E-state index contributed by atoms with van der Waals surface area (Å²) in [6.07, 6.45) is 3.68. The average Bonchev–Trinajstić information content (AvgIpc) is 3.08. The van der Waals surface area contributed by atoms with Crippen molar-refractivity contribution in [2.45, 2.75) is 32.2 Å². The fraction of sp³-hybridized carbons (Fsp3) is 0.421. The molecule has 9 heteroatoms. The van der Waals surface area contributed by atoms with Gasteiger partial charge in [0.25, 0.3) is 0 Å². The molecule has 2 N–H and O–H groups in total. The molecule has 3 rings (SSSR count). The summed E-state index contributed by atoms with van der Waals surface area (Å²) < 4.78 is 25.6. The molecule has 1 saturated heterocycles. The van der Waals surface area contributed by atoms with E-state index in [4.69, 9.17) is 5.26 Å². The van der Waals surface area contributed by atoms with Crippen molar-refractivity contribution in [2.24, 2.45) is 0 Å². The van der Waals surface area contributed by atoms with Crippen LogP contribution in [0.2, 0.25) is 0 Å². The highest BCUT2D eigenvalue weighted by molar-refractivity contribution is 7.88. The van der Waals surface area contributed by atoms with E-state index in [-0.39, 0.29) is 6.04 Å². The van der Waals surface area contributed by atoms with Crippen LogP contribution in [-0.4, -0.2) is 43.8 Å². The second-order valence-electron chi connectivity index (χ2n) is 6.93. The molecule has 1 atom stereocenters. The highest BCUT2D eigenvalue weighted by Gasteiger charge is 2.26. The van der Waals surface area contributed by atoms with Crippen LogP contribution < -0.4 is 14.9 Å². The number of anilines is 3. The Balaban J connectivity index is 1.82. The summed E-state index contributed by atoms with van der Waals surface area (Å²) in [5.41, 5.74) is 2.23. The van der Waals surface area contributed by atoms with E-state index in [1.165, 1.54) is 6.26 Å². The van der Waals surface area contributed by atoms with Gasteiger partial charge in [-0.2, -0.15) is 10.2 Å². The zero-order valence-electron chi connectivity index (χ0n) is 16.0. The Kier molecular flexibility index (Phi) is 6.11. The Labute approximate surface area is 165 Å². The highest BCUT2D eigenvalue weighted by Crippen LogP contribution is 2.23. The Morgan fingerprint density at radius 1 is 1.32 bits per heavy atom. The molecule has 1 unspecified atom stereocenters. The summed E-state index contributed by atoms with van der Waals surface area (Å²) in [5, 5.41) is 12.3. The zero-order chi connectivity index (χ0) is 20.1. The molecular formula is C19H24N6O2S. The van der Waals surface area contributed by atoms with E-state index in [0.29, 0.717) is 18.1 Å². The van der Waals surface area contributed by atoms with Gasteiger partial charge >= 0.3 is 0 Å². The molecule has 1 aliphatic heterocycles. The maximum absolute atomic E-state index is 11.5. The number of hydrogen-bond donors (Lipinski definition) is 2. The smallest absolute Gasteiger partial charge is 0.229 e. The van der Waals surface area contributed by atoms with Gasteiger partial charge in [-0.05, 0) is 31.0 Å². The first kappa shape index (κ1) is 20.0. The van der Waals surface area contributed by atoms with Crippen LogP contribution in [0, 0.1) is 11.3 Å². The van der Waals surface area contributed by atoms with Crippen LogP contribution in [0.15, 0.2) is 30.3 Å². The van der Waals surface area contributed by atoms with E-state index in [1.807, 2.05) is 12.1 Å². The van der Waals surface area contributed by atoms with Gasteiger partial charge < -0.3 is 10.2 Å². The molecular weight excluding hydrogens is 376 g/mol. The van der Waals surface area contributed by atoms with Crippen LogP contribution in [-0.2, 0) is 16.4 Å². The molecule has 2 aromatic rings. The second-order valence-corrected chi connectivity index (χ2v) is 8.71. The van der Waals surface area contributed by atoms with E-state index in [9.17, 15) is 8.42 Å². The van der Waals surface area contributed by atoms with Crippen LogP contribution >= 0.6 is 0 Å². The minimum Gasteiger partial charge on any atom is -0.355 e. The van der Waals surface area contributed by atoms with Gasteiger partial charge in [0.05, 0.1) is 17.9 Å². The van der Waals surface area contributed by atoms with Crippen molar-refractivity contribution in [2.75, 3.05) is 29.6 Å². The molecule has 0 saturated carbocycles. The Hall–Kier alpha value is -2.70. The van der Waals surface area contributed by atoms with Crippen molar-refractivity contribution in [1.82, 2.24) is 14.7 Å². The maximum atomic E-state index is 11.5. The van der Waals surface area contributed by atoms with E-state index in [2.05, 4.69) is 37.9 Å². The molecule has 28 heavy (non-hydrogen) atoms. The van der Waals surface area contributed by atoms with Crippen LogP contribution in [0.1, 0.15) is 31.0 Å². The van der Waals surface area contributed by atoms with Gasteiger partial charge in [-0.25, -0.2) is 18.1 Å². The highest BCUT2D eigenvalue weighted by atomic mass is 32.2. The fourth-order valence-electron chi connectivity index (χ4n) is 3.25. The zero-order valence-corrected chi connectivity index (χ0v) is 16.8. The summed E-state index contributed by atoms with van der Waals surface area (Å²) in [6.45, 7) is 3.38. The van der Waals surface area contributed by atoms with Crippen LogP contribution in [0.4, 0.5) is 17.5 Å². The number of nitrogens with zero attached hydrogens (tertiary/aromatic N) is 4. The van der Waals surface area contributed by atoms with E-state index in [0.717, 1.165) is 43.0 Å². The van der Waals surface area contributed by atoms with E-state index < -0.39 is 10.0 Å². The van der Waals surface area contributed by atoms with E-state index >= 15 is 0 Å². The predicted octanol–water partition coefficient (Wildman–Crippen LogP) is 2.17. The number of benzene rings is 1. The first-order valence-electron chi connectivity index (χ1n) is 9.23. The van der Waals surface area contributed by atoms with Gasteiger partial charge in [0.15, 0.2) is 0 Å². The topological polar surface area (TPSA) is 111 Å². The van der Waals surface area contributed by atoms with Gasteiger partial charge in [-0.15, -0.1) is 0 Å². The number of nitrogens with one attached hydrogen (secondary N) is 2. The van der Waals surface area contributed by atoms with Crippen molar-refractivity contribution in [3.05, 3.63) is 41.6 Å². The molecule has 0 aliphatic carbocycles. The SMILES string of the molecule is CCCc1cc(N2CCC(NS(C)(=O)=O)C2)nc(Nc2cccc(C#N)c2)n1. The van der Waals surface area contributed by atoms with Crippen LogP contribution in [0.3, 0.4) is 0 Å². The third-order valence-electron chi connectivity index (χ3n) is 4.41. The molecule has 1 aromatic carbocycles. The van der Waals surface area contributed by atoms with Crippen LogP contribution in [0.5, 0.6) is 0 Å². The minimum atomic E-state index is -3.23. The fourth-order valence-corrected chi connectivity index (χ4v) is 4.05. The molecule has 2 heterocycles. The maximum Gasteiger partial charge on any atom is 0.229 e. The number of hydrogen-bond acceptors (Lipinski definition) is 7. The molecule has 1 aliphatic rings. The van der Waals surface area contributed by atoms with Gasteiger partial charge in [-0.3, -0.25) is 0 Å². The predicted molar refractivity (Wildman–Crippen MR) is 109 cm³/mol. The minimum absolute atomic E-state index is 0.122. The Morgan fingerprint density at radius 3 is 2.86 bits per heavy atom. The molecule has 8 nitrogen and oxygen atoms in total. The summed E-state index contributed by atoms with van der Waals surface area (Å²) in [4.78, 5) is 11.3. The third kappa shape index (κ3) is 5.41. The van der Waals surface area contributed by atoms with Gasteiger partial charge in [-0.1, -0.05) is 19.4 Å². The Bertz CT molecular complexity index is 986. The summed E-state index contributed by atoms with van der Waals surface area (Å²) in [6, 6.07) is 11.1.